The van der Waals surface area contributed by atoms with Crippen molar-refractivity contribution in [2.24, 2.45) is 11.3 Å². The summed E-state index contributed by atoms with van der Waals surface area (Å²) in [6, 6.07) is -0.138. The predicted molar refractivity (Wildman–Crippen MR) is 77.8 cm³/mol. The molecule has 7 heteroatoms. The van der Waals surface area contributed by atoms with E-state index >= 15 is 0 Å². The van der Waals surface area contributed by atoms with Gasteiger partial charge in [0.05, 0.1) is 12.8 Å². The van der Waals surface area contributed by atoms with Crippen LogP contribution in [0.1, 0.15) is 32.6 Å². The van der Waals surface area contributed by atoms with Crippen LogP contribution in [0, 0.1) is 11.3 Å². The lowest BCUT2D eigenvalue weighted by molar-refractivity contribution is 0.114. The molecule has 1 aliphatic carbocycles. The molecule has 2 aliphatic rings. The second kappa shape index (κ2) is 5.63. The van der Waals surface area contributed by atoms with Gasteiger partial charge in [-0.2, -0.15) is 0 Å². The van der Waals surface area contributed by atoms with Crippen LogP contribution in [0.25, 0.3) is 0 Å². The molecule has 2 N–H and O–H groups in total. The molecule has 0 radical (unpaired) electrons. The fourth-order valence-electron chi connectivity index (χ4n) is 3.71. The van der Waals surface area contributed by atoms with Crippen LogP contribution in [0.5, 0.6) is 0 Å². The van der Waals surface area contributed by atoms with E-state index in [4.69, 9.17) is 0 Å². The van der Waals surface area contributed by atoms with Crippen LogP contribution in [0.4, 0.5) is 10.6 Å². The molecule has 2 amide bonds. The normalized spacial score (nSPS) is 27.9. The zero-order chi connectivity index (χ0) is 14.9. The van der Waals surface area contributed by atoms with Gasteiger partial charge in [0.25, 0.3) is 0 Å². The van der Waals surface area contributed by atoms with Crippen molar-refractivity contribution in [2.75, 3.05) is 25.0 Å². The highest BCUT2D eigenvalue weighted by Gasteiger charge is 2.50. The number of hydrogen-bond acceptors (Lipinski definition) is 4. The molecular formula is C14H23N5O2. The first-order valence-corrected chi connectivity index (χ1v) is 7.74. The van der Waals surface area contributed by atoms with Crippen LogP contribution in [0.15, 0.2) is 6.20 Å². The Kier molecular flexibility index (Phi) is 3.84. The van der Waals surface area contributed by atoms with Gasteiger partial charge in [0.1, 0.15) is 0 Å². The maximum absolute atomic E-state index is 12.3. The molecule has 0 aromatic carbocycles. The van der Waals surface area contributed by atoms with Crippen LogP contribution >= 0.6 is 0 Å². The van der Waals surface area contributed by atoms with E-state index < -0.39 is 0 Å². The van der Waals surface area contributed by atoms with E-state index in [1.807, 2.05) is 0 Å². The van der Waals surface area contributed by atoms with Crippen molar-refractivity contribution < 1.29 is 9.90 Å². The largest absolute Gasteiger partial charge is 0.396 e. The van der Waals surface area contributed by atoms with Crippen LogP contribution < -0.4 is 5.32 Å². The third kappa shape index (κ3) is 2.62. The van der Waals surface area contributed by atoms with Gasteiger partial charge in [0.15, 0.2) is 5.82 Å². The maximum Gasteiger partial charge on any atom is 0.323 e. The Morgan fingerprint density at radius 2 is 2.48 bits per heavy atom. The first kappa shape index (κ1) is 14.3. The third-order valence-corrected chi connectivity index (χ3v) is 4.87. The molecule has 21 heavy (non-hydrogen) atoms. The Balaban J connectivity index is 1.61. The molecule has 3 rings (SSSR count). The monoisotopic (exact) mass is 293 g/mol. The molecule has 2 fully saturated rings. The van der Waals surface area contributed by atoms with Crippen molar-refractivity contribution in [1.29, 1.82) is 0 Å². The summed E-state index contributed by atoms with van der Waals surface area (Å²) < 4.78 is 1.73. The van der Waals surface area contributed by atoms with Crippen molar-refractivity contribution in [1.82, 2.24) is 19.9 Å². The number of aromatic nitrogens is 3. The van der Waals surface area contributed by atoms with E-state index in [0.29, 0.717) is 18.3 Å². The Morgan fingerprint density at radius 3 is 3.19 bits per heavy atom. The smallest absolute Gasteiger partial charge is 0.323 e. The van der Waals surface area contributed by atoms with Gasteiger partial charge in [-0.25, -0.2) is 4.79 Å². The van der Waals surface area contributed by atoms with Crippen molar-refractivity contribution in [3.8, 4) is 0 Å². The number of likely N-dealkylation sites (tertiary alicyclic amines) is 1. The number of hydrogen-bond donors (Lipinski definition) is 2. The molecule has 1 aromatic rings. The zero-order valence-corrected chi connectivity index (χ0v) is 12.5. The molecule has 0 unspecified atom stereocenters. The number of aryl methyl sites for hydroxylation is 1. The third-order valence-electron chi connectivity index (χ3n) is 4.87. The number of amides is 2. The standard InChI is InChI=1S/C14H23N5O2/c1-2-6-19-8-12(16-17-19)15-13(21)18-7-11-4-3-5-14(11,9-18)10-20/h8,11,20H,2-7,9-10H2,1H3,(H,15,21)/t11-,14+/m1/s1. The Hall–Kier alpha value is -1.63. The number of nitrogens with zero attached hydrogens (tertiary/aromatic N) is 4. The topological polar surface area (TPSA) is 83.3 Å². The number of fused-ring (bicyclic) bond motifs is 1. The van der Waals surface area contributed by atoms with Gasteiger partial charge in [-0.3, -0.25) is 10.00 Å². The molecule has 1 saturated carbocycles. The maximum atomic E-state index is 12.3. The van der Waals surface area contributed by atoms with Gasteiger partial charge in [-0.05, 0) is 25.2 Å². The van der Waals surface area contributed by atoms with Crippen LogP contribution in [-0.2, 0) is 6.54 Å². The van der Waals surface area contributed by atoms with E-state index in [-0.39, 0.29) is 18.1 Å². The zero-order valence-electron chi connectivity index (χ0n) is 12.5. The Labute approximate surface area is 124 Å². The number of carbonyl (C=O) groups is 1. The highest BCUT2D eigenvalue weighted by atomic mass is 16.3. The molecule has 116 valence electrons. The summed E-state index contributed by atoms with van der Waals surface area (Å²) in [5.41, 5.74) is -0.0723. The molecule has 0 bridgehead atoms. The number of aliphatic hydroxyl groups excluding tert-OH is 1. The lowest BCUT2D eigenvalue weighted by atomic mass is 9.82. The molecule has 1 aliphatic heterocycles. The quantitative estimate of drug-likeness (QED) is 0.877. The highest BCUT2D eigenvalue weighted by molar-refractivity contribution is 5.88. The minimum atomic E-state index is -0.138. The van der Waals surface area contributed by atoms with E-state index in [2.05, 4.69) is 22.6 Å². The molecule has 1 aromatic heterocycles. The predicted octanol–water partition coefficient (Wildman–Crippen LogP) is 1.31. The number of urea groups is 1. The van der Waals surface area contributed by atoms with Crippen molar-refractivity contribution in [3.63, 3.8) is 0 Å². The molecular weight excluding hydrogens is 270 g/mol. The lowest BCUT2D eigenvalue weighted by Gasteiger charge is -2.25. The second-order valence-corrected chi connectivity index (χ2v) is 6.29. The van der Waals surface area contributed by atoms with Crippen LogP contribution in [0.2, 0.25) is 0 Å². The first-order chi connectivity index (χ1) is 10.2. The summed E-state index contributed by atoms with van der Waals surface area (Å²) in [5, 5.41) is 20.4. The Morgan fingerprint density at radius 1 is 1.62 bits per heavy atom. The fraction of sp³-hybridized carbons (Fsp3) is 0.786. The van der Waals surface area contributed by atoms with Gasteiger partial charge in [0.2, 0.25) is 0 Å². The summed E-state index contributed by atoms with van der Waals surface area (Å²) in [7, 11) is 0. The fourth-order valence-corrected chi connectivity index (χ4v) is 3.71. The first-order valence-electron chi connectivity index (χ1n) is 7.74. The van der Waals surface area contributed by atoms with E-state index in [9.17, 15) is 9.90 Å². The summed E-state index contributed by atoms with van der Waals surface area (Å²) >= 11 is 0. The number of rotatable bonds is 4. The van der Waals surface area contributed by atoms with Gasteiger partial charge in [-0.1, -0.05) is 18.6 Å². The summed E-state index contributed by atoms with van der Waals surface area (Å²) in [5.74, 6) is 0.924. The Bertz CT molecular complexity index is 517. The number of nitrogens with one attached hydrogen (secondary N) is 1. The average molecular weight is 293 g/mol. The average Bonchev–Trinajstić information content (AvgIpc) is 3.12. The summed E-state index contributed by atoms with van der Waals surface area (Å²) in [6.45, 7) is 4.41. The number of anilines is 1. The van der Waals surface area contributed by atoms with E-state index in [0.717, 1.165) is 38.8 Å². The minimum absolute atomic E-state index is 0.0723. The SMILES string of the molecule is CCCn1cc(NC(=O)N2C[C@H]3CCC[C@@]3(CO)C2)nn1. The molecule has 1 saturated heterocycles. The highest BCUT2D eigenvalue weighted by Crippen LogP contribution is 2.48. The second-order valence-electron chi connectivity index (χ2n) is 6.29. The lowest BCUT2D eigenvalue weighted by Crippen LogP contribution is -2.36. The van der Waals surface area contributed by atoms with Crippen LogP contribution in [0.3, 0.4) is 0 Å². The van der Waals surface area contributed by atoms with Gasteiger partial charge in [-0.15, -0.1) is 5.10 Å². The number of aliphatic hydroxyl groups is 1. The molecule has 7 nitrogen and oxygen atoms in total. The van der Waals surface area contributed by atoms with Gasteiger partial charge in [0, 0.05) is 25.0 Å². The van der Waals surface area contributed by atoms with Gasteiger partial charge >= 0.3 is 6.03 Å². The molecule has 0 spiro atoms. The number of carbonyl (C=O) groups excluding carboxylic acids is 1. The summed E-state index contributed by atoms with van der Waals surface area (Å²) in [4.78, 5) is 14.1. The van der Waals surface area contributed by atoms with Gasteiger partial charge < -0.3 is 10.0 Å². The van der Waals surface area contributed by atoms with E-state index in [1.165, 1.54) is 0 Å². The van der Waals surface area contributed by atoms with Crippen LogP contribution in [-0.4, -0.2) is 50.7 Å². The molecule has 2 atom stereocenters. The summed E-state index contributed by atoms with van der Waals surface area (Å²) in [6.07, 6.45) is 6.01. The van der Waals surface area contributed by atoms with Crippen molar-refractivity contribution >= 4 is 11.8 Å². The van der Waals surface area contributed by atoms with Crippen molar-refractivity contribution in [2.45, 2.75) is 39.2 Å². The van der Waals surface area contributed by atoms with E-state index in [1.54, 1.807) is 15.8 Å². The minimum Gasteiger partial charge on any atom is -0.396 e. The molecule has 2 heterocycles. The van der Waals surface area contributed by atoms with Crippen molar-refractivity contribution in [3.05, 3.63) is 6.20 Å².